The van der Waals surface area contributed by atoms with E-state index in [0.29, 0.717) is 17.6 Å². The van der Waals surface area contributed by atoms with E-state index in [1.54, 1.807) is 19.9 Å². The number of carbonyl (C=O) groups excluding carboxylic acids is 4. The fourth-order valence-electron chi connectivity index (χ4n) is 8.27. The summed E-state index contributed by atoms with van der Waals surface area (Å²) in [6, 6.07) is 12.9. The largest absolute Gasteiger partial charge is 0.507 e. The van der Waals surface area contributed by atoms with E-state index in [1.807, 2.05) is 63.3 Å². The van der Waals surface area contributed by atoms with Crippen molar-refractivity contribution >= 4 is 35.3 Å². The Hall–Kier alpha value is -3.64. The van der Waals surface area contributed by atoms with Crippen molar-refractivity contribution in [1.29, 1.82) is 0 Å². The molecule has 0 saturated heterocycles. The number of aromatic hydroxyl groups is 1. The third-order valence-corrected chi connectivity index (χ3v) is 9.60. The van der Waals surface area contributed by atoms with Crippen molar-refractivity contribution in [3.8, 4) is 5.75 Å². The number of hydrogen-bond acceptors (Lipinski definition) is 6. The van der Waals surface area contributed by atoms with Crippen molar-refractivity contribution in [3.05, 3.63) is 75.9 Å². The standard InChI is InChI=1S/C34H36O6/c1-18(2)27-19(3)25(20(4)35)30(38)34(40)31(39)28-29(37)26-23(16-32(28,5)17-33(27,34)6)22(14-15-24(26)36)13-12-21-10-8-7-9-11-21/h7-15,18,25,28,36,40H,16-17H2,1-6H3/b13-12+/t25?,28?,32-,33-,34+/m0/s1. The van der Waals surface area contributed by atoms with Crippen LogP contribution in [0.4, 0.5) is 0 Å². The van der Waals surface area contributed by atoms with Gasteiger partial charge in [0.15, 0.2) is 23.0 Å². The van der Waals surface area contributed by atoms with Crippen molar-refractivity contribution in [2.24, 2.45) is 28.6 Å². The summed E-state index contributed by atoms with van der Waals surface area (Å²) in [5, 5.41) is 23.0. The summed E-state index contributed by atoms with van der Waals surface area (Å²) in [4.78, 5) is 55.1. The second-order valence-electron chi connectivity index (χ2n) is 12.6. The van der Waals surface area contributed by atoms with E-state index in [1.165, 1.54) is 13.0 Å². The lowest BCUT2D eigenvalue weighted by molar-refractivity contribution is -0.183. The molecular formula is C34H36O6. The first-order valence-corrected chi connectivity index (χ1v) is 13.8. The van der Waals surface area contributed by atoms with Crippen LogP contribution < -0.4 is 0 Å². The number of ketones is 4. The highest BCUT2D eigenvalue weighted by Crippen LogP contribution is 2.64. The van der Waals surface area contributed by atoms with E-state index in [9.17, 15) is 29.4 Å². The van der Waals surface area contributed by atoms with Crippen LogP contribution in [0.3, 0.4) is 0 Å². The molecule has 208 valence electrons. The molecule has 3 aliphatic carbocycles. The molecule has 6 heteroatoms. The molecule has 2 aromatic carbocycles. The number of Topliss-reactive ketones (excluding diaryl/α,β-unsaturated/α-hetero) is 4. The number of carbonyl (C=O) groups is 4. The van der Waals surface area contributed by atoms with Crippen molar-refractivity contribution in [3.63, 3.8) is 0 Å². The van der Waals surface area contributed by atoms with Gasteiger partial charge in [0.05, 0.1) is 11.5 Å². The molecule has 6 nitrogen and oxygen atoms in total. The van der Waals surface area contributed by atoms with Gasteiger partial charge in [0.25, 0.3) is 0 Å². The van der Waals surface area contributed by atoms with Crippen molar-refractivity contribution < 1.29 is 29.4 Å². The molecule has 3 aliphatic rings. The minimum Gasteiger partial charge on any atom is -0.507 e. The van der Waals surface area contributed by atoms with E-state index >= 15 is 0 Å². The van der Waals surface area contributed by atoms with Gasteiger partial charge in [-0.2, -0.15) is 0 Å². The average Bonchev–Trinajstić information content (AvgIpc) is 2.86. The molecule has 5 rings (SSSR count). The van der Waals surface area contributed by atoms with Gasteiger partial charge in [-0.15, -0.1) is 0 Å². The van der Waals surface area contributed by atoms with E-state index in [0.717, 1.165) is 16.7 Å². The number of rotatable bonds is 4. The summed E-state index contributed by atoms with van der Waals surface area (Å²) >= 11 is 0. The Morgan fingerprint density at radius 1 is 1.00 bits per heavy atom. The molecule has 2 unspecified atom stereocenters. The number of phenols is 1. The summed E-state index contributed by atoms with van der Waals surface area (Å²) in [5.74, 6) is -5.71. The van der Waals surface area contributed by atoms with Crippen LogP contribution in [-0.2, 0) is 20.8 Å². The van der Waals surface area contributed by atoms with Crippen LogP contribution >= 0.6 is 0 Å². The van der Waals surface area contributed by atoms with Gasteiger partial charge in [0.1, 0.15) is 17.5 Å². The summed E-state index contributed by atoms with van der Waals surface area (Å²) < 4.78 is 0. The van der Waals surface area contributed by atoms with E-state index in [2.05, 4.69) is 0 Å². The molecule has 0 bridgehead atoms. The predicted octanol–water partition coefficient (Wildman–Crippen LogP) is 5.39. The molecule has 0 heterocycles. The Kier molecular flexibility index (Phi) is 6.42. The lowest BCUT2D eigenvalue weighted by atomic mass is 9.41. The molecule has 5 atom stereocenters. The molecular weight excluding hydrogens is 504 g/mol. The smallest absolute Gasteiger partial charge is 0.192 e. The van der Waals surface area contributed by atoms with Gasteiger partial charge in [-0.3, -0.25) is 19.2 Å². The van der Waals surface area contributed by atoms with Gasteiger partial charge >= 0.3 is 0 Å². The number of benzene rings is 2. The number of fused-ring (bicyclic) bond motifs is 3. The van der Waals surface area contributed by atoms with Gasteiger partial charge in [-0.25, -0.2) is 0 Å². The highest BCUT2D eigenvalue weighted by molar-refractivity contribution is 6.27. The Balaban J connectivity index is 1.71. The second-order valence-corrected chi connectivity index (χ2v) is 12.6. The van der Waals surface area contributed by atoms with Crippen LogP contribution in [0.2, 0.25) is 0 Å². The van der Waals surface area contributed by atoms with Gasteiger partial charge in [-0.05, 0) is 60.8 Å². The highest BCUT2D eigenvalue weighted by Gasteiger charge is 2.73. The molecule has 40 heavy (non-hydrogen) atoms. The molecule has 0 radical (unpaired) electrons. The summed E-state index contributed by atoms with van der Waals surface area (Å²) in [6.07, 6.45) is 4.32. The third kappa shape index (κ3) is 3.65. The van der Waals surface area contributed by atoms with Crippen LogP contribution in [0.1, 0.15) is 75.0 Å². The van der Waals surface area contributed by atoms with E-state index < -0.39 is 51.4 Å². The van der Waals surface area contributed by atoms with Gasteiger partial charge in [0, 0.05) is 5.41 Å². The zero-order valence-electron chi connectivity index (χ0n) is 23.9. The number of allylic oxidation sites excluding steroid dienone is 1. The lowest BCUT2D eigenvalue weighted by Gasteiger charge is -2.60. The zero-order valence-corrected chi connectivity index (χ0v) is 23.9. The van der Waals surface area contributed by atoms with Crippen LogP contribution in [0.15, 0.2) is 53.6 Å². The van der Waals surface area contributed by atoms with E-state index in [4.69, 9.17) is 0 Å². The molecule has 2 N–H and O–H groups in total. The van der Waals surface area contributed by atoms with Gasteiger partial charge < -0.3 is 10.2 Å². The molecule has 1 saturated carbocycles. The minimum atomic E-state index is -2.53. The first-order chi connectivity index (χ1) is 18.7. The minimum absolute atomic E-state index is 0.0559. The van der Waals surface area contributed by atoms with Gasteiger partial charge in [-0.1, -0.05) is 87.4 Å². The molecule has 0 aromatic heterocycles. The molecule has 0 amide bonds. The van der Waals surface area contributed by atoms with Crippen molar-refractivity contribution in [1.82, 2.24) is 0 Å². The van der Waals surface area contributed by atoms with Crippen LogP contribution in [0.25, 0.3) is 12.2 Å². The molecule has 1 fully saturated rings. The SMILES string of the molecule is CC(=O)C1C(=O)[C@@]2(O)C(=O)C3C(=O)c4c(O)ccc(/C=C/c5ccccc5)c4C[C@@]3(C)C[C@@]2(C)C(C(C)C)=C1C. The van der Waals surface area contributed by atoms with Crippen LogP contribution in [0, 0.1) is 28.6 Å². The third-order valence-electron chi connectivity index (χ3n) is 9.60. The number of hydrogen-bond donors (Lipinski definition) is 2. The fraction of sp³-hybridized carbons (Fsp3) is 0.412. The van der Waals surface area contributed by atoms with Crippen molar-refractivity contribution in [2.45, 2.75) is 60.0 Å². The van der Waals surface area contributed by atoms with E-state index in [-0.39, 0.29) is 23.7 Å². The molecule has 0 spiro atoms. The topological polar surface area (TPSA) is 109 Å². The lowest BCUT2D eigenvalue weighted by Crippen LogP contribution is -2.73. The maximum absolute atomic E-state index is 14.4. The molecule has 2 aromatic rings. The van der Waals surface area contributed by atoms with Crippen molar-refractivity contribution in [2.75, 3.05) is 0 Å². The normalized spacial score (nSPS) is 31.9. The number of aliphatic hydroxyl groups is 1. The summed E-state index contributed by atoms with van der Waals surface area (Å²) in [7, 11) is 0. The quantitative estimate of drug-likeness (QED) is 0.306. The summed E-state index contributed by atoms with van der Waals surface area (Å²) in [6.45, 7) is 10.5. The van der Waals surface area contributed by atoms with Crippen LogP contribution in [-0.4, -0.2) is 38.9 Å². The van der Waals surface area contributed by atoms with Crippen LogP contribution in [0.5, 0.6) is 5.75 Å². The molecule has 0 aliphatic heterocycles. The Bertz CT molecular complexity index is 1530. The number of phenolic OH excluding ortho intramolecular Hbond substituents is 1. The van der Waals surface area contributed by atoms with Gasteiger partial charge in [0.2, 0.25) is 0 Å². The zero-order chi connectivity index (χ0) is 29.4. The Labute approximate surface area is 234 Å². The summed E-state index contributed by atoms with van der Waals surface area (Å²) in [5.41, 5.74) is -1.02. The monoisotopic (exact) mass is 540 g/mol. The first-order valence-electron chi connectivity index (χ1n) is 13.8. The highest BCUT2D eigenvalue weighted by atomic mass is 16.3. The first kappa shape index (κ1) is 27.9. The Morgan fingerprint density at radius 3 is 2.25 bits per heavy atom. The Morgan fingerprint density at radius 2 is 1.65 bits per heavy atom. The predicted molar refractivity (Wildman–Crippen MR) is 153 cm³/mol. The average molecular weight is 541 g/mol. The fourth-order valence-corrected chi connectivity index (χ4v) is 8.27. The maximum atomic E-state index is 14.4. The second kappa shape index (κ2) is 9.20. The maximum Gasteiger partial charge on any atom is 0.192 e.